The highest BCUT2D eigenvalue weighted by atomic mass is 16.5. The van der Waals surface area contributed by atoms with Gasteiger partial charge in [-0.15, -0.1) is 0 Å². The first-order valence-corrected chi connectivity index (χ1v) is 5.27. The molecule has 1 saturated carbocycles. The topological polar surface area (TPSA) is 41.5 Å². The molecule has 76 valence electrons. The van der Waals surface area contributed by atoms with E-state index in [1.807, 2.05) is 0 Å². The minimum Gasteiger partial charge on any atom is -0.389 e. The highest BCUT2D eigenvalue weighted by Gasteiger charge is 2.30. The third-order valence-corrected chi connectivity index (χ3v) is 3.20. The van der Waals surface area contributed by atoms with Gasteiger partial charge in [0.15, 0.2) is 0 Å². The minimum atomic E-state index is -0.295. The molecular weight excluding hydrogens is 166 g/mol. The van der Waals surface area contributed by atoms with Gasteiger partial charge in [-0.2, -0.15) is 0 Å². The number of nitrogens with one attached hydrogen (secondary N) is 1. The molecule has 2 rings (SSSR count). The first kappa shape index (κ1) is 9.44. The summed E-state index contributed by atoms with van der Waals surface area (Å²) in [6.07, 6.45) is 3.53. The lowest BCUT2D eigenvalue weighted by Gasteiger charge is -2.19. The standard InChI is InChI=1S/C10H19NO2/c1-7-2-3-8(4-7)11-9-5-13-6-10(9)12/h7-12H,2-6H2,1H3/t7?,8?,9-,10-/m1/s1. The lowest BCUT2D eigenvalue weighted by Crippen LogP contribution is -2.43. The molecule has 1 saturated heterocycles. The third kappa shape index (κ3) is 2.22. The summed E-state index contributed by atoms with van der Waals surface area (Å²) in [6, 6.07) is 0.784. The lowest BCUT2D eigenvalue weighted by molar-refractivity contribution is 0.121. The largest absolute Gasteiger partial charge is 0.389 e. The molecule has 13 heavy (non-hydrogen) atoms. The van der Waals surface area contributed by atoms with Gasteiger partial charge in [-0.1, -0.05) is 6.92 Å². The van der Waals surface area contributed by atoms with E-state index in [9.17, 15) is 5.11 Å². The first-order valence-electron chi connectivity index (χ1n) is 5.27. The quantitative estimate of drug-likeness (QED) is 0.659. The second-order valence-electron chi connectivity index (χ2n) is 4.49. The zero-order valence-corrected chi connectivity index (χ0v) is 8.20. The molecule has 2 fully saturated rings. The van der Waals surface area contributed by atoms with Crippen molar-refractivity contribution >= 4 is 0 Å². The van der Waals surface area contributed by atoms with Crippen molar-refractivity contribution < 1.29 is 9.84 Å². The van der Waals surface area contributed by atoms with Crippen LogP contribution in [0.2, 0.25) is 0 Å². The first-order chi connectivity index (χ1) is 6.25. The van der Waals surface area contributed by atoms with Gasteiger partial charge in [-0.25, -0.2) is 0 Å². The molecule has 0 bridgehead atoms. The average molecular weight is 185 g/mol. The molecule has 0 aromatic heterocycles. The number of hydrogen-bond acceptors (Lipinski definition) is 3. The highest BCUT2D eigenvalue weighted by molar-refractivity contribution is 4.87. The third-order valence-electron chi connectivity index (χ3n) is 3.20. The molecule has 1 heterocycles. The number of aliphatic hydroxyl groups is 1. The summed E-state index contributed by atoms with van der Waals surface area (Å²) in [5.41, 5.74) is 0. The summed E-state index contributed by atoms with van der Waals surface area (Å²) in [6.45, 7) is 3.47. The van der Waals surface area contributed by atoms with E-state index in [1.165, 1.54) is 19.3 Å². The van der Waals surface area contributed by atoms with Crippen molar-refractivity contribution in [2.24, 2.45) is 5.92 Å². The molecule has 0 aromatic rings. The van der Waals surface area contributed by atoms with Crippen LogP contribution in [0.3, 0.4) is 0 Å². The van der Waals surface area contributed by atoms with Crippen LogP contribution in [0.1, 0.15) is 26.2 Å². The number of aliphatic hydroxyl groups excluding tert-OH is 1. The van der Waals surface area contributed by atoms with Gasteiger partial charge >= 0.3 is 0 Å². The van der Waals surface area contributed by atoms with E-state index in [1.54, 1.807) is 0 Å². The maximum atomic E-state index is 9.53. The molecule has 0 amide bonds. The maximum Gasteiger partial charge on any atom is 0.0948 e. The van der Waals surface area contributed by atoms with E-state index in [4.69, 9.17) is 4.74 Å². The molecule has 2 N–H and O–H groups in total. The van der Waals surface area contributed by atoms with Crippen LogP contribution in [0.4, 0.5) is 0 Å². The smallest absolute Gasteiger partial charge is 0.0948 e. The molecule has 3 nitrogen and oxygen atoms in total. The Morgan fingerprint density at radius 3 is 2.69 bits per heavy atom. The van der Waals surface area contributed by atoms with Crippen molar-refractivity contribution in [3.63, 3.8) is 0 Å². The monoisotopic (exact) mass is 185 g/mol. The van der Waals surface area contributed by atoms with E-state index < -0.39 is 0 Å². The van der Waals surface area contributed by atoms with Crippen molar-refractivity contribution in [1.29, 1.82) is 0 Å². The predicted molar refractivity (Wildman–Crippen MR) is 50.6 cm³/mol. The summed E-state index contributed by atoms with van der Waals surface area (Å²) >= 11 is 0. The Bertz CT molecular complexity index is 174. The molecule has 4 atom stereocenters. The van der Waals surface area contributed by atoms with Crippen LogP contribution in [0.5, 0.6) is 0 Å². The fourth-order valence-electron chi connectivity index (χ4n) is 2.36. The minimum absolute atomic E-state index is 0.176. The van der Waals surface area contributed by atoms with Crippen LogP contribution in [0, 0.1) is 5.92 Å². The van der Waals surface area contributed by atoms with Crippen molar-refractivity contribution in [2.75, 3.05) is 13.2 Å². The molecule has 2 unspecified atom stereocenters. The van der Waals surface area contributed by atoms with Gasteiger partial charge < -0.3 is 15.2 Å². The molecule has 0 radical (unpaired) electrons. The molecule has 1 aliphatic carbocycles. The van der Waals surface area contributed by atoms with E-state index in [0.29, 0.717) is 19.3 Å². The molecule has 3 heteroatoms. The Labute approximate surface area is 79.5 Å². The van der Waals surface area contributed by atoms with Crippen LogP contribution in [-0.4, -0.2) is 36.5 Å². The van der Waals surface area contributed by atoms with Gasteiger partial charge in [-0.05, 0) is 25.2 Å². The summed E-state index contributed by atoms with van der Waals surface area (Å²) in [5, 5.41) is 13.0. The van der Waals surface area contributed by atoms with Crippen LogP contribution in [0.15, 0.2) is 0 Å². The molecule has 1 aliphatic heterocycles. The molecule has 0 aromatic carbocycles. The zero-order chi connectivity index (χ0) is 9.26. The van der Waals surface area contributed by atoms with Crippen LogP contribution in [0.25, 0.3) is 0 Å². The van der Waals surface area contributed by atoms with Gasteiger partial charge in [-0.3, -0.25) is 0 Å². The summed E-state index contributed by atoms with van der Waals surface area (Å²) < 4.78 is 5.19. The summed E-state index contributed by atoms with van der Waals surface area (Å²) in [7, 11) is 0. The number of hydrogen-bond donors (Lipinski definition) is 2. The lowest BCUT2D eigenvalue weighted by atomic mass is 10.1. The Morgan fingerprint density at radius 2 is 2.15 bits per heavy atom. The van der Waals surface area contributed by atoms with E-state index in [0.717, 1.165) is 5.92 Å². The molecular formula is C10H19NO2. The Morgan fingerprint density at radius 1 is 1.31 bits per heavy atom. The van der Waals surface area contributed by atoms with Gasteiger partial charge in [0, 0.05) is 6.04 Å². The number of ether oxygens (including phenoxy) is 1. The maximum absolute atomic E-state index is 9.53. The SMILES string of the molecule is CC1CCC(N[C@@H]2COC[C@H]2O)C1. The van der Waals surface area contributed by atoms with Crippen molar-refractivity contribution in [3.05, 3.63) is 0 Å². The van der Waals surface area contributed by atoms with Gasteiger partial charge in [0.1, 0.15) is 0 Å². The van der Waals surface area contributed by atoms with Gasteiger partial charge in [0.25, 0.3) is 0 Å². The van der Waals surface area contributed by atoms with Crippen LogP contribution >= 0.6 is 0 Å². The van der Waals surface area contributed by atoms with Crippen LogP contribution < -0.4 is 5.32 Å². The molecule has 0 spiro atoms. The zero-order valence-electron chi connectivity index (χ0n) is 8.20. The Hall–Kier alpha value is -0.120. The van der Waals surface area contributed by atoms with Crippen molar-refractivity contribution in [3.8, 4) is 0 Å². The van der Waals surface area contributed by atoms with Gasteiger partial charge in [0.05, 0.1) is 25.4 Å². The Kier molecular flexibility index (Phi) is 2.86. The van der Waals surface area contributed by atoms with Crippen molar-refractivity contribution in [2.45, 2.75) is 44.4 Å². The normalized spacial score (nSPS) is 45.7. The van der Waals surface area contributed by atoms with E-state index in [-0.39, 0.29) is 12.1 Å². The summed E-state index contributed by atoms with van der Waals surface area (Å²) in [4.78, 5) is 0. The van der Waals surface area contributed by atoms with E-state index in [2.05, 4.69) is 12.2 Å². The second kappa shape index (κ2) is 3.95. The Balaban J connectivity index is 1.77. The second-order valence-corrected chi connectivity index (χ2v) is 4.49. The van der Waals surface area contributed by atoms with E-state index >= 15 is 0 Å². The van der Waals surface area contributed by atoms with Gasteiger partial charge in [0.2, 0.25) is 0 Å². The van der Waals surface area contributed by atoms with Crippen LogP contribution in [-0.2, 0) is 4.74 Å². The fourth-order valence-corrected chi connectivity index (χ4v) is 2.36. The predicted octanol–water partition coefficient (Wildman–Crippen LogP) is 0.524. The van der Waals surface area contributed by atoms with Crippen molar-refractivity contribution in [1.82, 2.24) is 5.32 Å². The average Bonchev–Trinajstić information content (AvgIpc) is 2.64. The molecule has 2 aliphatic rings. The number of rotatable bonds is 2. The highest BCUT2D eigenvalue weighted by Crippen LogP contribution is 2.25. The summed E-state index contributed by atoms with van der Waals surface area (Å²) in [5.74, 6) is 0.844. The fraction of sp³-hybridized carbons (Fsp3) is 1.00.